The second-order valence-electron chi connectivity index (χ2n) is 7.11. The number of hydrogen-bond acceptors (Lipinski definition) is 5. The van der Waals surface area contributed by atoms with E-state index in [9.17, 15) is 4.79 Å². The number of aromatic nitrogens is 4. The first-order valence-electron chi connectivity index (χ1n) is 9.02. The monoisotopic (exact) mass is 365 g/mol. The number of aryl methyl sites for hydroxylation is 1. The van der Waals surface area contributed by atoms with Gasteiger partial charge in [0.2, 0.25) is 0 Å². The number of piperazine rings is 1. The van der Waals surface area contributed by atoms with Crippen molar-refractivity contribution in [2.75, 3.05) is 32.0 Å². The van der Waals surface area contributed by atoms with Gasteiger partial charge in [0.05, 0.1) is 11.7 Å². The van der Waals surface area contributed by atoms with Gasteiger partial charge in [-0.1, -0.05) is 6.07 Å². The van der Waals surface area contributed by atoms with Crippen LogP contribution in [0.2, 0.25) is 0 Å². The molecule has 8 heteroatoms. The van der Waals surface area contributed by atoms with E-state index in [2.05, 4.69) is 39.5 Å². The molecule has 0 saturated carbocycles. The minimum atomic E-state index is -0.132. The molecule has 1 atom stereocenters. The fraction of sp³-hybridized carbons (Fsp3) is 0.368. The van der Waals surface area contributed by atoms with Crippen molar-refractivity contribution in [2.24, 2.45) is 7.05 Å². The number of hydrogen-bond donors (Lipinski definition) is 1. The molecule has 2 amide bonds. The second kappa shape index (κ2) is 6.96. The predicted molar refractivity (Wildman–Crippen MR) is 104 cm³/mol. The SMILES string of the molecule is CC1CN(C(=O)Nc2cc3cc(-c4cnn(C)c4)ccc3nn2)CCN1C. The van der Waals surface area contributed by atoms with E-state index in [0.29, 0.717) is 24.9 Å². The van der Waals surface area contributed by atoms with Crippen molar-refractivity contribution < 1.29 is 4.79 Å². The Morgan fingerprint density at radius 1 is 1.15 bits per heavy atom. The van der Waals surface area contributed by atoms with Crippen LogP contribution >= 0.6 is 0 Å². The van der Waals surface area contributed by atoms with Crippen LogP contribution in [0.5, 0.6) is 0 Å². The second-order valence-corrected chi connectivity index (χ2v) is 7.11. The van der Waals surface area contributed by atoms with E-state index in [0.717, 1.165) is 28.6 Å². The molecule has 1 aliphatic heterocycles. The van der Waals surface area contributed by atoms with E-state index in [1.165, 1.54) is 0 Å². The zero-order chi connectivity index (χ0) is 19.0. The number of fused-ring (bicyclic) bond motifs is 1. The molecular weight excluding hydrogens is 342 g/mol. The highest BCUT2D eigenvalue weighted by molar-refractivity contribution is 5.91. The normalized spacial score (nSPS) is 18.0. The number of carbonyl (C=O) groups is 1. The van der Waals surface area contributed by atoms with E-state index in [4.69, 9.17) is 0 Å². The summed E-state index contributed by atoms with van der Waals surface area (Å²) in [7, 11) is 3.97. The molecule has 0 bridgehead atoms. The van der Waals surface area contributed by atoms with Gasteiger partial charge < -0.3 is 9.80 Å². The third-order valence-electron chi connectivity index (χ3n) is 5.11. The first-order chi connectivity index (χ1) is 13.0. The molecule has 1 aliphatic rings. The average molecular weight is 365 g/mol. The average Bonchev–Trinajstić information content (AvgIpc) is 3.09. The molecule has 140 valence electrons. The minimum Gasteiger partial charge on any atom is -0.322 e. The zero-order valence-electron chi connectivity index (χ0n) is 15.8. The van der Waals surface area contributed by atoms with Crippen LogP contribution in [0.15, 0.2) is 36.7 Å². The Kier molecular flexibility index (Phi) is 4.49. The first kappa shape index (κ1) is 17.4. The lowest BCUT2D eigenvalue weighted by Crippen LogP contribution is -2.53. The largest absolute Gasteiger partial charge is 0.323 e. The van der Waals surface area contributed by atoms with Crippen LogP contribution in [0.4, 0.5) is 10.6 Å². The molecule has 1 N–H and O–H groups in total. The molecule has 3 heterocycles. The Morgan fingerprint density at radius 2 is 2.00 bits per heavy atom. The Bertz CT molecular complexity index is 983. The summed E-state index contributed by atoms with van der Waals surface area (Å²) in [6.45, 7) is 4.40. The fourth-order valence-electron chi connectivity index (χ4n) is 3.28. The number of likely N-dealkylation sites (N-methyl/N-ethyl adjacent to an activating group) is 1. The van der Waals surface area contributed by atoms with Crippen molar-refractivity contribution in [3.05, 3.63) is 36.7 Å². The van der Waals surface area contributed by atoms with Gasteiger partial charge in [0.15, 0.2) is 5.82 Å². The Balaban J connectivity index is 1.54. The molecule has 8 nitrogen and oxygen atoms in total. The van der Waals surface area contributed by atoms with Gasteiger partial charge in [-0.2, -0.15) is 5.10 Å². The van der Waals surface area contributed by atoms with Gasteiger partial charge in [0, 0.05) is 49.9 Å². The molecule has 27 heavy (non-hydrogen) atoms. The summed E-state index contributed by atoms with van der Waals surface area (Å²) in [5.41, 5.74) is 2.87. The van der Waals surface area contributed by atoms with E-state index >= 15 is 0 Å². The molecular formula is C19H23N7O. The van der Waals surface area contributed by atoms with Gasteiger partial charge in [-0.15, -0.1) is 10.2 Å². The quantitative estimate of drug-likeness (QED) is 0.753. The van der Waals surface area contributed by atoms with Gasteiger partial charge in [-0.05, 0) is 37.7 Å². The highest BCUT2D eigenvalue weighted by atomic mass is 16.2. The highest BCUT2D eigenvalue weighted by Gasteiger charge is 2.24. The smallest absolute Gasteiger partial charge is 0.322 e. The van der Waals surface area contributed by atoms with Crippen LogP contribution in [0.3, 0.4) is 0 Å². The summed E-state index contributed by atoms with van der Waals surface area (Å²) in [5, 5.41) is 16.4. The molecule has 0 aliphatic carbocycles. The van der Waals surface area contributed by atoms with Crippen LogP contribution in [-0.4, -0.2) is 68.5 Å². The van der Waals surface area contributed by atoms with Crippen molar-refractivity contribution >= 4 is 22.8 Å². The van der Waals surface area contributed by atoms with Crippen LogP contribution in [0.1, 0.15) is 6.92 Å². The van der Waals surface area contributed by atoms with Crippen LogP contribution in [-0.2, 0) is 7.05 Å². The Labute approximate surface area is 157 Å². The third kappa shape index (κ3) is 3.61. The number of carbonyl (C=O) groups excluding carboxylic acids is 1. The summed E-state index contributed by atoms with van der Waals surface area (Å²) in [4.78, 5) is 16.6. The molecule has 1 aromatic carbocycles. The first-order valence-corrected chi connectivity index (χ1v) is 9.02. The fourth-order valence-corrected chi connectivity index (χ4v) is 3.28. The molecule has 1 fully saturated rings. The Morgan fingerprint density at radius 3 is 2.74 bits per heavy atom. The number of benzene rings is 1. The minimum absolute atomic E-state index is 0.132. The number of anilines is 1. The maximum absolute atomic E-state index is 12.6. The lowest BCUT2D eigenvalue weighted by molar-refractivity contribution is 0.125. The van der Waals surface area contributed by atoms with Crippen molar-refractivity contribution in [3.8, 4) is 11.1 Å². The summed E-state index contributed by atoms with van der Waals surface area (Å²) >= 11 is 0. The van der Waals surface area contributed by atoms with Crippen molar-refractivity contribution in [1.82, 2.24) is 29.8 Å². The zero-order valence-corrected chi connectivity index (χ0v) is 15.8. The van der Waals surface area contributed by atoms with Gasteiger partial charge in [0.1, 0.15) is 0 Å². The summed E-state index contributed by atoms with van der Waals surface area (Å²) in [6.07, 6.45) is 3.79. The highest BCUT2D eigenvalue weighted by Crippen LogP contribution is 2.24. The van der Waals surface area contributed by atoms with E-state index < -0.39 is 0 Å². The maximum Gasteiger partial charge on any atom is 0.323 e. The molecule has 0 radical (unpaired) electrons. The van der Waals surface area contributed by atoms with Gasteiger partial charge in [0.25, 0.3) is 0 Å². The van der Waals surface area contributed by atoms with Crippen LogP contribution in [0.25, 0.3) is 22.0 Å². The molecule has 1 unspecified atom stereocenters. The summed E-state index contributed by atoms with van der Waals surface area (Å²) in [6, 6.07) is 8.03. The predicted octanol–water partition coefficient (Wildman–Crippen LogP) is 2.20. The molecule has 1 saturated heterocycles. The van der Waals surface area contributed by atoms with E-state index in [-0.39, 0.29) is 6.03 Å². The summed E-state index contributed by atoms with van der Waals surface area (Å²) in [5.74, 6) is 0.461. The van der Waals surface area contributed by atoms with Crippen molar-refractivity contribution in [1.29, 1.82) is 0 Å². The van der Waals surface area contributed by atoms with Crippen molar-refractivity contribution in [3.63, 3.8) is 0 Å². The molecule has 2 aromatic heterocycles. The third-order valence-corrected chi connectivity index (χ3v) is 5.11. The molecule has 4 rings (SSSR count). The lowest BCUT2D eigenvalue weighted by Gasteiger charge is -2.37. The standard InChI is InChI=1S/C19H23N7O/c1-13-11-26(7-6-24(13)2)19(27)21-18-9-15-8-14(4-5-17(15)22-23-18)16-10-20-25(3)12-16/h4-5,8-10,12-13H,6-7,11H2,1-3H3,(H,21,23,27). The maximum atomic E-state index is 12.6. The van der Waals surface area contributed by atoms with Gasteiger partial charge >= 0.3 is 6.03 Å². The van der Waals surface area contributed by atoms with E-state index in [1.54, 1.807) is 4.68 Å². The number of nitrogens with zero attached hydrogens (tertiary/aromatic N) is 6. The van der Waals surface area contributed by atoms with Gasteiger partial charge in [-0.25, -0.2) is 4.79 Å². The van der Waals surface area contributed by atoms with Crippen LogP contribution in [0, 0.1) is 0 Å². The topological polar surface area (TPSA) is 79.2 Å². The molecule has 3 aromatic rings. The van der Waals surface area contributed by atoms with E-state index in [1.807, 2.05) is 48.6 Å². The number of nitrogens with one attached hydrogen (secondary N) is 1. The summed E-state index contributed by atoms with van der Waals surface area (Å²) < 4.78 is 1.77. The Hall–Kier alpha value is -3.00. The number of amides is 2. The van der Waals surface area contributed by atoms with Crippen molar-refractivity contribution in [2.45, 2.75) is 13.0 Å². The van der Waals surface area contributed by atoms with Crippen LogP contribution < -0.4 is 5.32 Å². The molecule has 0 spiro atoms. The van der Waals surface area contributed by atoms with Gasteiger partial charge in [-0.3, -0.25) is 10.00 Å². The number of urea groups is 1. The lowest BCUT2D eigenvalue weighted by atomic mass is 10.1. The number of rotatable bonds is 2.